The summed E-state index contributed by atoms with van der Waals surface area (Å²) in [6.45, 7) is 0. The minimum atomic E-state index is -0.0960. The monoisotopic (exact) mass is 212 g/mol. The Morgan fingerprint density at radius 1 is 1.36 bits per heavy atom. The fourth-order valence-electron chi connectivity index (χ4n) is 1.26. The molecule has 0 spiro atoms. The van der Waals surface area contributed by atoms with Crippen molar-refractivity contribution in [3.05, 3.63) is 39.9 Å². The van der Waals surface area contributed by atoms with Crippen LogP contribution in [-0.4, -0.2) is 0 Å². The third-order valence-corrected chi connectivity index (χ3v) is 2.32. The van der Waals surface area contributed by atoms with Crippen molar-refractivity contribution in [3.63, 3.8) is 0 Å². The van der Waals surface area contributed by atoms with Crippen molar-refractivity contribution in [3.8, 4) is 0 Å². The Labute approximate surface area is 72.9 Å². The molecule has 0 fully saturated rings. The molecule has 0 atom stereocenters. The van der Waals surface area contributed by atoms with Gasteiger partial charge in [-0.15, -0.1) is 0 Å². The van der Waals surface area contributed by atoms with Gasteiger partial charge < -0.3 is 0 Å². The predicted molar refractivity (Wildman–Crippen MR) is 46.9 cm³/mol. The van der Waals surface area contributed by atoms with E-state index in [1.165, 1.54) is 0 Å². The van der Waals surface area contributed by atoms with Gasteiger partial charge in [0.25, 0.3) is 0 Å². The Morgan fingerprint density at radius 3 is 3.00 bits per heavy atom. The molecule has 1 aromatic rings. The summed E-state index contributed by atoms with van der Waals surface area (Å²) in [5.74, 6) is -0.0960. The highest BCUT2D eigenvalue weighted by atomic mass is 79.9. The Morgan fingerprint density at radius 2 is 2.18 bits per heavy atom. The highest BCUT2D eigenvalue weighted by Crippen LogP contribution is 2.30. The molecule has 1 aromatic carbocycles. The largest absolute Gasteiger partial charge is 0.207 e. The SMILES string of the molecule is FC1=CCc2ccc(Br)cc21. The summed E-state index contributed by atoms with van der Waals surface area (Å²) in [5, 5.41) is 0. The lowest BCUT2D eigenvalue weighted by Gasteiger charge is -1.98. The molecule has 0 bridgehead atoms. The normalized spacial score (nSPS) is 14.5. The van der Waals surface area contributed by atoms with E-state index in [1.807, 2.05) is 18.2 Å². The summed E-state index contributed by atoms with van der Waals surface area (Å²) in [7, 11) is 0. The molecule has 0 radical (unpaired) electrons. The van der Waals surface area contributed by atoms with Crippen molar-refractivity contribution >= 4 is 21.8 Å². The number of rotatable bonds is 0. The zero-order valence-electron chi connectivity index (χ0n) is 5.77. The molecule has 0 N–H and O–H groups in total. The van der Waals surface area contributed by atoms with Gasteiger partial charge in [-0.25, -0.2) is 4.39 Å². The maximum absolute atomic E-state index is 12.9. The van der Waals surface area contributed by atoms with Crippen molar-refractivity contribution in [2.24, 2.45) is 0 Å². The molecule has 1 aliphatic carbocycles. The van der Waals surface area contributed by atoms with E-state index in [0.717, 1.165) is 22.0 Å². The molecule has 0 saturated heterocycles. The molecule has 0 aromatic heterocycles. The van der Waals surface area contributed by atoms with Crippen LogP contribution in [0.4, 0.5) is 4.39 Å². The molecule has 0 nitrogen and oxygen atoms in total. The van der Waals surface area contributed by atoms with Gasteiger partial charge in [-0.1, -0.05) is 22.0 Å². The summed E-state index contributed by atoms with van der Waals surface area (Å²) in [4.78, 5) is 0. The first-order chi connectivity index (χ1) is 5.27. The summed E-state index contributed by atoms with van der Waals surface area (Å²) in [6, 6.07) is 5.70. The maximum Gasteiger partial charge on any atom is 0.127 e. The van der Waals surface area contributed by atoms with Crippen molar-refractivity contribution in [2.75, 3.05) is 0 Å². The average Bonchev–Trinajstić information content (AvgIpc) is 2.33. The van der Waals surface area contributed by atoms with Gasteiger partial charge in [0.15, 0.2) is 0 Å². The maximum atomic E-state index is 12.9. The van der Waals surface area contributed by atoms with Gasteiger partial charge in [0.1, 0.15) is 5.83 Å². The molecular weight excluding hydrogens is 207 g/mol. The Bertz CT molecular complexity index is 328. The second-order valence-corrected chi connectivity index (χ2v) is 3.47. The standard InChI is InChI=1S/C9H6BrF/c10-7-3-1-6-2-4-9(11)8(6)5-7/h1,3-5H,2H2. The van der Waals surface area contributed by atoms with Gasteiger partial charge in [-0.05, 0) is 30.2 Å². The molecule has 56 valence electrons. The van der Waals surface area contributed by atoms with E-state index in [9.17, 15) is 4.39 Å². The first-order valence-electron chi connectivity index (χ1n) is 3.42. The van der Waals surface area contributed by atoms with Crippen LogP contribution in [0.1, 0.15) is 11.1 Å². The van der Waals surface area contributed by atoms with Crippen molar-refractivity contribution in [1.82, 2.24) is 0 Å². The van der Waals surface area contributed by atoms with Gasteiger partial charge in [0.05, 0.1) is 0 Å². The van der Waals surface area contributed by atoms with Crippen LogP contribution in [0.2, 0.25) is 0 Å². The first-order valence-corrected chi connectivity index (χ1v) is 4.21. The average molecular weight is 213 g/mol. The van der Waals surface area contributed by atoms with E-state index in [1.54, 1.807) is 6.08 Å². The van der Waals surface area contributed by atoms with Crippen LogP contribution in [0.15, 0.2) is 28.7 Å². The topological polar surface area (TPSA) is 0 Å². The van der Waals surface area contributed by atoms with Crippen molar-refractivity contribution in [2.45, 2.75) is 6.42 Å². The molecule has 0 amide bonds. The fourth-order valence-corrected chi connectivity index (χ4v) is 1.62. The van der Waals surface area contributed by atoms with E-state index in [2.05, 4.69) is 15.9 Å². The fraction of sp³-hybridized carbons (Fsp3) is 0.111. The summed E-state index contributed by atoms with van der Waals surface area (Å²) in [5.41, 5.74) is 1.81. The number of hydrogen-bond acceptors (Lipinski definition) is 0. The van der Waals surface area contributed by atoms with Gasteiger partial charge in [-0.2, -0.15) is 0 Å². The summed E-state index contributed by atoms with van der Waals surface area (Å²) in [6.07, 6.45) is 2.34. The van der Waals surface area contributed by atoms with Crippen LogP contribution in [-0.2, 0) is 6.42 Å². The molecular formula is C9H6BrF. The Kier molecular flexibility index (Phi) is 1.57. The third kappa shape index (κ3) is 1.11. The van der Waals surface area contributed by atoms with Crippen LogP contribution in [0.25, 0.3) is 5.83 Å². The highest BCUT2D eigenvalue weighted by molar-refractivity contribution is 9.10. The van der Waals surface area contributed by atoms with Gasteiger partial charge in [0, 0.05) is 10.0 Å². The van der Waals surface area contributed by atoms with E-state index in [-0.39, 0.29) is 5.83 Å². The van der Waals surface area contributed by atoms with Crippen LogP contribution in [0.5, 0.6) is 0 Å². The van der Waals surface area contributed by atoms with Crippen molar-refractivity contribution in [1.29, 1.82) is 0 Å². The van der Waals surface area contributed by atoms with E-state index < -0.39 is 0 Å². The highest BCUT2D eigenvalue weighted by Gasteiger charge is 2.12. The van der Waals surface area contributed by atoms with Crippen LogP contribution in [0, 0.1) is 0 Å². The lowest BCUT2D eigenvalue weighted by Crippen LogP contribution is -1.80. The van der Waals surface area contributed by atoms with Crippen LogP contribution < -0.4 is 0 Å². The first kappa shape index (κ1) is 7.04. The number of fused-ring (bicyclic) bond motifs is 1. The van der Waals surface area contributed by atoms with Gasteiger partial charge >= 0.3 is 0 Å². The van der Waals surface area contributed by atoms with Crippen LogP contribution in [0.3, 0.4) is 0 Å². The molecule has 0 saturated carbocycles. The third-order valence-electron chi connectivity index (χ3n) is 1.83. The lowest BCUT2D eigenvalue weighted by molar-refractivity contribution is 0.762. The smallest absolute Gasteiger partial charge is 0.127 e. The summed E-state index contributed by atoms with van der Waals surface area (Å²) >= 11 is 3.30. The Hall–Kier alpha value is -0.630. The number of halogens is 2. The molecule has 11 heavy (non-hydrogen) atoms. The second kappa shape index (κ2) is 2.45. The molecule has 0 unspecified atom stereocenters. The zero-order chi connectivity index (χ0) is 7.84. The van der Waals surface area contributed by atoms with Gasteiger partial charge in [0.2, 0.25) is 0 Å². The molecule has 0 heterocycles. The quantitative estimate of drug-likeness (QED) is 0.620. The molecule has 2 heteroatoms. The number of benzene rings is 1. The molecule has 0 aliphatic heterocycles. The molecule has 1 aliphatic rings. The molecule has 2 rings (SSSR count). The van der Waals surface area contributed by atoms with E-state index >= 15 is 0 Å². The summed E-state index contributed by atoms with van der Waals surface area (Å²) < 4.78 is 13.9. The number of allylic oxidation sites excluding steroid dienone is 1. The predicted octanol–water partition coefficient (Wildman–Crippen LogP) is 3.32. The lowest BCUT2D eigenvalue weighted by atomic mass is 10.1. The van der Waals surface area contributed by atoms with Gasteiger partial charge in [-0.3, -0.25) is 0 Å². The second-order valence-electron chi connectivity index (χ2n) is 2.56. The van der Waals surface area contributed by atoms with Crippen molar-refractivity contribution < 1.29 is 4.39 Å². The van der Waals surface area contributed by atoms with E-state index in [0.29, 0.717) is 0 Å². The number of hydrogen-bond donors (Lipinski definition) is 0. The Balaban J connectivity index is 2.60. The minimum Gasteiger partial charge on any atom is -0.207 e. The zero-order valence-corrected chi connectivity index (χ0v) is 7.36. The minimum absolute atomic E-state index is 0.0960. The van der Waals surface area contributed by atoms with E-state index in [4.69, 9.17) is 0 Å². The van der Waals surface area contributed by atoms with Crippen LogP contribution >= 0.6 is 15.9 Å².